The lowest BCUT2D eigenvalue weighted by molar-refractivity contribution is 0.550. The van der Waals surface area contributed by atoms with E-state index in [4.69, 9.17) is 0 Å². The number of rotatable bonds is 4. The summed E-state index contributed by atoms with van der Waals surface area (Å²) in [5.74, 6) is 0.213. The van der Waals surface area contributed by atoms with Gasteiger partial charge in [-0.15, -0.1) is 0 Å². The van der Waals surface area contributed by atoms with Gasteiger partial charge in [-0.3, -0.25) is 0 Å². The first-order valence-electron chi connectivity index (χ1n) is 7.39. The molecule has 2 heterocycles. The van der Waals surface area contributed by atoms with E-state index in [0.29, 0.717) is 24.0 Å². The fraction of sp³-hybridized carbons (Fsp3) is 0.353. The average molecular weight is 285 g/mol. The van der Waals surface area contributed by atoms with Crippen LogP contribution in [-0.2, 0) is 13.0 Å². The van der Waals surface area contributed by atoms with Gasteiger partial charge in [0.05, 0.1) is 0 Å². The molecule has 1 aromatic carbocycles. The highest BCUT2D eigenvalue weighted by molar-refractivity contribution is 5.68. The van der Waals surface area contributed by atoms with Crippen molar-refractivity contribution in [3.63, 3.8) is 0 Å². The fourth-order valence-electron chi connectivity index (χ4n) is 2.67. The lowest BCUT2D eigenvalue weighted by Gasteiger charge is -2.20. The standard InChI is InChI=1S/C17H20FN3/c1-12(2)20-11-14-7-9-19-17(16(14)18)21-10-8-13-5-3-4-6-15(13)21/h3-7,9,12,20H,8,10-11H2,1-2H3. The minimum absolute atomic E-state index is 0.220. The summed E-state index contributed by atoms with van der Waals surface area (Å²) in [6.45, 7) is 5.41. The summed E-state index contributed by atoms with van der Waals surface area (Å²) in [7, 11) is 0. The molecule has 0 unspecified atom stereocenters. The summed E-state index contributed by atoms with van der Waals surface area (Å²) in [6.07, 6.45) is 2.63. The third-order valence-corrected chi connectivity index (χ3v) is 3.79. The molecule has 0 radical (unpaired) electrons. The summed E-state index contributed by atoms with van der Waals surface area (Å²) in [5.41, 5.74) is 2.99. The number of hydrogen-bond acceptors (Lipinski definition) is 3. The van der Waals surface area contributed by atoms with Crippen molar-refractivity contribution in [2.45, 2.75) is 32.9 Å². The molecule has 1 aromatic heterocycles. The monoisotopic (exact) mass is 285 g/mol. The van der Waals surface area contributed by atoms with Crippen molar-refractivity contribution in [2.75, 3.05) is 11.4 Å². The van der Waals surface area contributed by atoms with E-state index in [1.807, 2.05) is 23.1 Å². The highest BCUT2D eigenvalue weighted by Crippen LogP contribution is 2.34. The predicted molar refractivity (Wildman–Crippen MR) is 83.3 cm³/mol. The van der Waals surface area contributed by atoms with Crippen LogP contribution in [-0.4, -0.2) is 17.6 Å². The van der Waals surface area contributed by atoms with Crippen molar-refractivity contribution in [1.82, 2.24) is 10.3 Å². The van der Waals surface area contributed by atoms with Gasteiger partial charge in [-0.2, -0.15) is 0 Å². The number of benzene rings is 1. The predicted octanol–water partition coefficient (Wildman–Crippen LogP) is 3.41. The van der Waals surface area contributed by atoms with E-state index in [1.54, 1.807) is 12.3 Å². The van der Waals surface area contributed by atoms with E-state index in [0.717, 1.165) is 18.7 Å². The molecule has 3 rings (SSSR count). The molecule has 1 aliphatic rings. The number of fused-ring (bicyclic) bond motifs is 1. The molecule has 4 heteroatoms. The Kier molecular flexibility index (Phi) is 3.88. The molecule has 1 aliphatic heterocycles. The second-order valence-corrected chi connectivity index (χ2v) is 5.67. The van der Waals surface area contributed by atoms with E-state index in [9.17, 15) is 4.39 Å². The van der Waals surface area contributed by atoms with Crippen LogP contribution in [0.4, 0.5) is 15.9 Å². The van der Waals surface area contributed by atoms with Gasteiger partial charge >= 0.3 is 0 Å². The molecule has 0 bridgehead atoms. The van der Waals surface area contributed by atoms with Gasteiger partial charge in [-0.05, 0) is 24.1 Å². The fourth-order valence-corrected chi connectivity index (χ4v) is 2.67. The maximum atomic E-state index is 14.7. The zero-order valence-corrected chi connectivity index (χ0v) is 12.4. The molecule has 0 saturated carbocycles. The van der Waals surface area contributed by atoms with Crippen LogP contribution in [0.15, 0.2) is 36.5 Å². The Morgan fingerprint density at radius 2 is 2.10 bits per heavy atom. The van der Waals surface area contributed by atoms with E-state index >= 15 is 0 Å². The Morgan fingerprint density at radius 1 is 1.29 bits per heavy atom. The summed E-state index contributed by atoms with van der Waals surface area (Å²) in [6, 6.07) is 10.2. The third kappa shape index (κ3) is 2.76. The van der Waals surface area contributed by atoms with Crippen LogP contribution in [0.25, 0.3) is 0 Å². The van der Waals surface area contributed by atoms with Crippen LogP contribution < -0.4 is 10.2 Å². The van der Waals surface area contributed by atoms with Crippen LogP contribution in [0.2, 0.25) is 0 Å². The summed E-state index contributed by atoms with van der Waals surface area (Å²) >= 11 is 0. The highest BCUT2D eigenvalue weighted by atomic mass is 19.1. The second kappa shape index (κ2) is 5.82. The topological polar surface area (TPSA) is 28.2 Å². The molecule has 2 aromatic rings. The van der Waals surface area contributed by atoms with Crippen LogP contribution in [0.3, 0.4) is 0 Å². The van der Waals surface area contributed by atoms with Crippen molar-refractivity contribution < 1.29 is 4.39 Å². The minimum Gasteiger partial charge on any atom is -0.323 e. The van der Waals surface area contributed by atoms with Gasteiger partial charge in [0, 0.05) is 36.6 Å². The van der Waals surface area contributed by atoms with Gasteiger partial charge in [0.15, 0.2) is 11.6 Å². The highest BCUT2D eigenvalue weighted by Gasteiger charge is 2.24. The van der Waals surface area contributed by atoms with Crippen molar-refractivity contribution in [1.29, 1.82) is 0 Å². The quantitative estimate of drug-likeness (QED) is 0.933. The summed E-state index contributed by atoms with van der Waals surface area (Å²) < 4.78 is 14.7. The molecule has 3 nitrogen and oxygen atoms in total. The van der Waals surface area contributed by atoms with Crippen molar-refractivity contribution in [3.05, 3.63) is 53.5 Å². The number of anilines is 2. The number of hydrogen-bond donors (Lipinski definition) is 1. The lowest BCUT2D eigenvalue weighted by Crippen LogP contribution is -2.23. The number of pyridine rings is 1. The zero-order chi connectivity index (χ0) is 14.8. The minimum atomic E-state index is -0.220. The van der Waals surface area contributed by atoms with Crippen molar-refractivity contribution in [2.24, 2.45) is 0 Å². The van der Waals surface area contributed by atoms with Gasteiger partial charge in [-0.1, -0.05) is 32.0 Å². The van der Waals surface area contributed by atoms with Gasteiger partial charge < -0.3 is 10.2 Å². The van der Waals surface area contributed by atoms with E-state index < -0.39 is 0 Å². The molecule has 1 N–H and O–H groups in total. The Hall–Kier alpha value is -1.94. The maximum Gasteiger partial charge on any atom is 0.170 e. The summed E-state index contributed by atoms with van der Waals surface area (Å²) in [4.78, 5) is 6.25. The lowest BCUT2D eigenvalue weighted by atomic mass is 10.2. The first-order valence-corrected chi connectivity index (χ1v) is 7.39. The van der Waals surface area contributed by atoms with Crippen LogP contribution in [0.5, 0.6) is 0 Å². The number of nitrogens with zero attached hydrogens (tertiary/aromatic N) is 2. The van der Waals surface area contributed by atoms with E-state index in [1.165, 1.54) is 5.56 Å². The molecule has 0 aliphatic carbocycles. The molecule has 0 spiro atoms. The van der Waals surface area contributed by atoms with Gasteiger partial charge in [0.2, 0.25) is 0 Å². The zero-order valence-electron chi connectivity index (χ0n) is 12.4. The molecule has 0 atom stereocenters. The number of aromatic nitrogens is 1. The van der Waals surface area contributed by atoms with Crippen molar-refractivity contribution in [3.8, 4) is 0 Å². The van der Waals surface area contributed by atoms with Crippen LogP contribution >= 0.6 is 0 Å². The number of halogens is 1. The Morgan fingerprint density at radius 3 is 2.90 bits per heavy atom. The van der Waals surface area contributed by atoms with Gasteiger partial charge in [0.25, 0.3) is 0 Å². The smallest absolute Gasteiger partial charge is 0.170 e. The van der Waals surface area contributed by atoms with Crippen LogP contribution in [0, 0.1) is 5.82 Å². The maximum absolute atomic E-state index is 14.7. The largest absolute Gasteiger partial charge is 0.323 e. The third-order valence-electron chi connectivity index (χ3n) is 3.79. The van der Waals surface area contributed by atoms with Gasteiger partial charge in [0.1, 0.15) is 0 Å². The molecule has 21 heavy (non-hydrogen) atoms. The molecular formula is C17H20FN3. The molecule has 0 fully saturated rings. The Labute approximate surface area is 124 Å². The SMILES string of the molecule is CC(C)NCc1ccnc(N2CCc3ccccc32)c1F. The van der Waals surface area contributed by atoms with Crippen LogP contribution in [0.1, 0.15) is 25.0 Å². The van der Waals surface area contributed by atoms with Gasteiger partial charge in [-0.25, -0.2) is 9.37 Å². The molecule has 0 amide bonds. The normalized spacial score (nSPS) is 13.8. The second-order valence-electron chi connectivity index (χ2n) is 5.67. The van der Waals surface area contributed by atoms with E-state index in [2.05, 4.69) is 30.2 Å². The van der Waals surface area contributed by atoms with E-state index in [-0.39, 0.29) is 5.82 Å². The number of nitrogens with one attached hydrogen (secondary N) is 1. The van der Waals surface area contributed by atoms with Crippen molar-refractivity contribution >= 4 is 11.5 Å². The Balaban J connectivity index is 1.92. The molecule has 0 saturated heterocycles. The summed E-state index contributed by atoms with van der Waals surface area (Å²) in [5, 5.41) is 3.25. The molecule has 110 valence electrons. The Bertz CT molecular complexity index is 640. The molecular weight excluding hydrogens is 265 g/mol. The number of para-hydroxylation sites is 1. The first kappa shape index (κ1) is 14.0. The first-order chi connectivity index (χ1) is 10.2. The average Bonchev–Trinajstić information content (AvgIpc) is 2.90.